The number of morpholine rings is 1. The first kappa shape index (κ1) is 17.8. The van der Waals surface area contributed by atoms with Gasteiger partial charge in [0.1, 0.15) is 0 Å². The van der Waals surface area contributed by atoms with Gasteiger partial charge < -0.3 is 19.9 Å². The van der Waals surface area contributed by atoms with E-state index in [-0.39, 0.29) is 11.4 Å². The van der Waals surface area contributed by atoms with Gasteiger partial charge in [0.2, 0.25) is 5.91 Å². The van der Waals surface area contributed by atoms with E-state index in [1.54, 1.807) is 0 Å². The summed E-state index contributed by atoms with van der Waals surface area (Å²) < 4.78 is 5.37. The summed E-state index contributed by atoms with van der Waals surface area (Å²) in [7, 11) is 4.05. The summed E-state index contributed by atoms with van der Waals surface area (Å²) in [5.74, 6) is 0.0686. The molecular formula is C18H29N3O2. The molecule has 1 fully saturated rings. The predicted molar refractivity (Wildman–Crippen MR) is 94.0 cm³/mol. The van der Waals surface area contributed by atoms with E-state index >= 15 is 0 Å². The Kier molecular flexibility index (Phi) is 6.02. The van der Waals surface area contributed by atoms with Crippen molar-refractivity contribution in [1.82, 2.24) is 10.2 Å². The molecule has 1 aromatic rings. The quantitative estimate of drug-likeness (QED) is 0.863. The van der Waals surface area contributed by atoms with Gasteiger partial charge in [-0.25, -0.2) is 0 Å². The minimum Gasteiger partial charge on any atom is -0.378 e. The Bertz CT molecular complexity index is 506. The third-order valence-electron chi connectivity index (χ3n) is 4.61. The van der Waals surface area contributed by atoms with Gasteiger partial charge in [0.05, 0.1) is 19.6 Å². The van der Waals surface area contributed by atoms with Crippen LogP contribution in [0.2, 0.25) is 0 Å². The second kappa shape index (κ2) is 7.79. The number of carbonyl (C=O) groups excluding carboxylic acids is 1. The smallest absolute Gasteiger partial charge is 0.224 e. The first-order valence-electron chi connectivity index (χ1n) is 8.24. The molecule has 5 nitrogen and oxygen atoms in total. The molecule has 1 aliphatic rings. The highest BCUT2D eigenvalue weighted by atomic mass is 16.5. The molecule has 0 unspecified atom stereocenters. The highest BCUT2D eigenvalue weighted by molar-refractivity contribution is 5.78. The fourth-order valence-corrected chi connectivity index (χ4v) is 2.37. The van der Waals surface area contributed by atoms with Crippen LogP contribution in [-0.4, -0.2) is 63.3 Å². The number of ether oxygens (including phenoxy) is 1. The molecule has 1 heterocycles. The van der Waals surface area contributed by atoms with Gasteiger partial charge in [0, 0.05) is 30.9 Å². The molecule has 1 aliphatic heterocycles. The maximum absolute atomic E-state index is 12.1. The van der Waals surface area contributed by atoms with Gasteiger partial charge in [0.25, 0.3) is 0 Å². The lowest BCUT2D eigenvalue weighted by Gasteiger charge is -2.32. The Labute approximate surface area is 139 Å². The van der Waals surface area contributed by atoms with Crippen molar-refractivity contribution in [1.29, 1.82) is 0 Å². The minimum atomic E-state index is -0.0458. The molecule has 23 heavy (non-hydrogen) atoms. The molecule has 0 aliphatic carbocycles. The van der Waals surface area contributed by atoms with Crippen LogP contribution in [0.25, 0.3) is 0 Å². The van der Waals surface area contributed by atoms with Crippen molar-refractivity contribution in [2.45, 2.75) is 25.8 Å². The Hall–Kier alpha value is -1.59. The number of carbonyl (C=O) groups is 1. The number of benzene rings is 1. The molecule has 1 saturated heterocycles. The molecule has 1 N–H and O–H groups in total. The zero-order valence-corrected chi connectivity index (χ0v) is 14.8. The summed E-state index contributed by atoms with van der Waals surface area (Å²) in [6.45, 7) is 8.30. The van der Waals surface area contributed by atoms with Gasteiger partial charge >= 0.3 is 0 Å². The van der Waals surface area contributed by atoms with Crippen LogP contribution in [0.15, 0.2) is 24.3 Å². The minimum absolute atomic E-state index is 0.0458. The van der Waals surface area contributed by atoms with Crippen LogP contribution in [-0.2, 0) is 16.0 Å². The number of hydrogen-bond donors (Lipinski definition) is 1. The lowest BCUT2D eigenvalue weighted by atomic mass is 10.0. The van der Waals surface area contributed by atoms with Gasteiger partial charge in [-0.15, -0.1) is 0 Å². The molecule has 0 aromatic heterocycles. The van der Waals surface area contributed by atoms with E-state index in [0.29, 0.717) is 13.0 Å². The molecule has 0 bridgehead atoms. The SMILES string of the molecule is CN(C)C(C)(C)CNC(=O)Cc1ccc(N2CCOCC2)cc1. The number of nitrogens with zero attached hydrogens (tertiary/aromatic N) is 2. The molecule has 0 atom stereocenters. The molecule has 0 saturated carbocycles. The third kappa shape index (κ3) is 5.22. The molecule has 5 heteroatoms. The number of hydrogen-bond acceptors (Lipinski definition) is 4. The molecule has 0 radical (unpaired) electrons. The van der Waals surface area contributed by atoms with Gasteiger partial charge in [-0.2, -0.15) is 0 Å². The fourth-order valence-electron chi connectivity index (χ4n) is 2.37. The van der Waals surface area contributed by atoms with Crippen LogP contribution in [0.4, 0.5) is 5.69 Å². The summed E-state index contributed by atoms with van der Waals surface area (Å²) in [4.78, 5) is 16.5. The van der Waals surface area contributed by atoms with E-state index < -0.39 is 0 Å². The Morgan fingerprint density at radius 2 is 1.83 bits per heavy atom. The highest BCUT2D eigenvalue weighted by Crippen LogP contribution is 2.17. The lowest BCUT2D eigenvalue weighted by Crippen LogP contribution is -2.48. The Balaban J connectivity index is 1.84. The number of rotatable bonds is 6. The fraction of sp³-hybridized carbons (Fsp3) is 0.611. The Morgan fingerprint density at radius 3 is 2.39 bits per heavy atom. The van der Waals surface area contributed by atoms with Crippen LogP contribution >= 0.6 is 0 Å². The van der Waals surface area contributed by atoms with Crippen LogP contribution in [0.1, 0.15) is 19.4 Å². The van der Waals surface area contributed by atoms with Gasteiger partial charge in [0.15, 0.2) is 0 Å². The van der Waals surface area contributed by atoms with E-state index in [4.69, 9.17) is 4.74 Å². The second-order valence-electron chi connectivity index (χ2n) is 6.93. The number of likely N-dealkylation sites (N-methyl/N-ethyl adjacent to an activating group) is 1. The number of amides is 1. The van der Waals surface area contributed by atoms with Crippen molar-refractivity contribution < 1.29 is 9.53 Å². The molecule has 0 spiro atoms. The van der Waals surface area contributed by atoms with E-state index in [1.807, 2.05) is 26.2 Å². The number of anilines is 1. The topological polar surface area (TPSA) is 44.8 Å². The van der Waals surface area contributed by atoms with Crippen molar-refractivity contribution in [2.24, 2.45) is 0 Å². The molecule has 1 aromatic carbocycles. The van der Waals surface area contributed by atoms with E-state index in [1.165, 1.54) is 5.69 Å². The van der Waals surface area contributed by atoms with E-state index in [2.05, 4.69) is 41.1 Å². The van der Waals surface area contributed by atoms with Gasteiger partial charge in [-0.05, 0) is 45.6 Å². The van der Waals surface area contributed by atoms with Crippen LogP contribution < -0.4 is 10.2 Å². The summed E-state index contributed by atoms with van der Waals surface area (Å²) in [5, 5.41) is 3.02. The van der Waals surface area contributed by atoms with Gasteiger partial charge in [-0.1, -0.05) is 12.1 Å². The lowest BCUT2D eigenvalue weighted by molar-refractivity contribution is -0.120. The maximum Gasteiger partial charge on any atom is 0.224 e. The van der Waals surface area contributed by atoms with E-state index in [9.17, 15) is 4.79 Å². The van der Waals surface area contributed by atoms with Crippen LogP contribution in [0, 0.1) is 0 Å². The average Bonchev–Trinajstić information content (AvgIpc) is 2.54. The van der Waals surface area contributed by atoms with Crippen LogP contribution in [0.5, 0.6) is 0 Å². The van der Waals surface area contributed by atoms with Crippen molar-refractivity contribution in [3.63, 3.8) is 0 Å². The first-order valence-corrected chi connectivity index (χ1v) is 8.24. The maximum atomic E-state index is 12.1. The summed E-state index contributed by atoms with van der Waals surface area (Å²) >= 11 is 0. The highest BCUT2D eigenvalue weighted by Gasteiger charge is 2.21. The van der Waals surface area contributed by atoms with Crippen molar-refractivity contribution in [2.75, 3.05) is 51.8 Å². The molecule has 128 valence electrons. The molecular weight excluding hydrogens is 290 g/mol. The largest absolute Gasteiger partial charge is 0.378 e. The predicted octanol–water partition coefficient (Wildman–Crippen LogP) is 1.52. The van der Waals surface area contributed by atoms with E-state index in [0.717, 1.165) is 31.9 Å². The molecule has 1 amide bonds. The number of nitrogens with one attached hydrogen (secondary N) is 1. The van der Waals surface area contributed by atoms with Crippen molar-refractivity contribution >= 4 is 11.6 Å². The zero-order chi connectivity index (χ0) is 16.9. The standard InChI is InChI=1S/C18H29N3O2/c1-18(2,20(3)4)14-19-17(22)13-15-5-7-16(8-6-15)21-9-11-23-12-10-21/h5-8H,9-14H2,1-4H3,(H,19,22). The summed E-state index contributed by atoms with van der Waals surface area (Å²) in [5.41, 5.74) is 2.20. The third-order valence-corrected chi connectivity index (χ3v) is 4.61. The zero-order valence-electron chi connectivity index (χ0n) is 14.8. The molecule has 2 rings (SSSR count). The average molecular weight is 319 g/mol. The van der Waals surface area contributed by atoms with Crippen LogP contribution in [0.3, 0.4) is 0 Å². The Morgan fingerprint density at radius 1 is 1.22 bits per heavy atom. The monoisotopic (exact) mass is 319 g/mol. The first-order chi connectivity index (χ1) is 10.9. The summed E-state index contributed by atoms with van der Waals surface area (Å²) in [6, 6.07) is 8.28. The van der Waals surface area contributed by atoms with Crippen molar-refractivity contribution in [3.05, 3.63) is 29.8 Å². The van der Waals surface area contributed by atoms with Crippen molar-refractivity contribution in [3.8, 4) is 0 Å². The normalized spacial score (nSPS) is 15.8. The summed E-state index contributed by atoms with van der Waals surface area (Å²) in [6.07, 6.45) is 0.424. The second-order valence-corrected chi connectivity index (χ2v) is 6.93. The van der Waals surface area contributed by atoms with Gasteiger partial charge in [-0.3, -0.25) is 4.79 Å².